The molecule has 1 aliphatic rings. The van der Waals surface area contributed by atoms with E-state index in [1.54, 1.807) is 23.2 Å². The van der Waals surface area contributed by atoms with Gasteiger partial charge in [0.05, 0.1) is 11.7 Å². The first-order valence-electron chi connectivity index (χ1n) is 10.0. The molecule has 4 heterocycles. The normalized spacial score (nSPS) is 14.6. The molecule has 0 bridgehead atoms. The maximum Gasteiger partial charge on any atom is 0.410 e. The highest BCUT2D eigenvalue weighted by Gasteiger charge is 2.26. The Bertz CT molecular complexity index is 1030. The molecule has 162 valence electrons. The smallest absolute Gasteiger partial charge is 0.410 e. The molecule has 2 amide bonds. The van der Waals surface area contributed by atoms with Gasteiger partial charge < -0.3 is 9.64 Å². The molecular formula is C20H23N7O3S. The fraction of sp³-hybridized carbons (Fsp3) is 0.400. The topological polar surface area (TPSA) is 115 Å². The van der Waals surface area contributed by atoms with Gasteiger partial charge >= 0.3 is 6.09 Å². The predicted molar refractivity (Wildman–Crippen MR) is 114 cm³/mol. The van der Waals surface area contributed by atoms with Crippen LogP contribution in [0.1, 0.15) is 47.8 Å². The summed E-state index contributed by atoms with van der Waals surface area (Å²) in [5.74, 6) is 0.619. The molecular weight excluding hydrogens is 418 g/mol. The van der Waals surface area contributed by atoms with Gasteiger partial charge in [0.15, 0.2) is 10.9 Å². The summed E-state index contributed by atoms with van der Waals surface area (Å²) in [4.78, 5) is 39.9. The molecule has 0 radical (unpaired) electrons. The third-order valence-electron chi connectivity index (χ3n) is 4.90. The van der Waals surface area contributed by atoms with Crippen LogP contribution in [0.3, 0.4) is 0 Å². The molecule has 10 nitrogen and oxygen atoms in total. The van der Waals surface area contributed by atoms with Gasteiger partial charge in [-0.3, -0.25) is 10.1 Å². The zero-order valence-corrected chi connectivity index (χ0v) is 18.1. The molecule has 0 aromatic carbocycles. The summed E-state index contributed by atoms with van der Waals surface area (Å²) in [6.07, 6.45) is 7.57. The van der Waals surface area contributed by atoms with Crippen LogP contribution in [0.4, 0.5) is 9.93 Å². The fourth-order valence-corrected chi connectivity index (χ4v) is 4.29. The summed E-state index contributed by atoms with van der Waals surface area (Å²) in [6.45, 7) is 5.00. The molecule has 0 saturated carbocycles. The second kappa shape index (κ2) is 9.21. The maximum atomic E-state index is 12.5. The standard InChI is InChI=1S/C20H23N7O3S/c1-13(2)30-20(29)26-7-5-14(6-8-26)16-10-23-19(31-16)25-18(28)15-3-4-17(22-9-15)27-12-21-11-24-27/h3-4,9-14H,5-8H2,1-2H3,(H,23,25,28). The first-order chi connectivity index (χ1) is 15.0. The molecule has 0 unspecified atom stereocenters. The second-order valence-corrected chi connectivity index (χ2v) is 8.52. The second-order valence-electron chi connectivity index (χ2n) is 7.46. The number of pyridine rings is 1. The molecule has 3 aromatic heterocycles. The van der Waals surface area contributed by atoms with Crippen LogP contribution in [0.5, 0.6) is 0 Å². The number of piperidine rings is 1. The molecule has 4 rings (SSSR count). The largest absolute Gasteiger partial charge is 0.447 e. The van der Waals surface area contributed by atoms with Gasteiger partial charge in [-0.25, -0.2) is 24.4 Å². The highest BCUT2D eigenvalue weighted by molar-refractivity contribution is 7.15. The number of carbonyl (C=O) groups excluding carboxylic acids is 2. The lowest BCUT2D eigenvalue weighted by Crippen LogP contribution is -2.39. The lowest BCUT2D eigenvalue weighted by atomic mass is 9.96. The number of amides is 2. The third-order valence-corrected chi connectivity index (χ3v) is 5.97. The molecule has 0 spiro atoms. The average molecular weight is 442 g/mol. The van der Waals surface area contributed by atoms with E-state index in [2.05, 4.69) is 25.4 Å². The van der Waals surface area contributed by atoms with Gasteiger partial charge in [-0.1, -0.05) is 0 Å². The lowest BCUT2D eigenvalue weighted by Gasteiger charge is -2.31. The number of rotatable bonds is 5. The minimum absolute atomic E-state index is 0.119. The van der Waals surface area contributed by atoms with Crippen molar-refractivity contribution in [2.75, 3.05) is 18.4 Å². The van der Waals surface area contributed by atoms with Crippen LogP contribution < -0.4 is 5.32 Å². The van der Waals surface area contributed by atoms with Crippen LogP contribution in [0.2, 0.25) is 0 Å². The van der Waals surface area contributed by atoms with E-state index in [0.29, 0.717) is 35.5 Å². The van der Waals surface area contributed by atoms with Crippen LogP contribution >= 0.6 is 11.3 Å². The zero-order chi connectivity index (χ0) is 21.8. The summed E-state index contributed by atoms with van der Waals surface area (Å²) >= 11 is 1.46. The van der Waals surface area contributed by atoms with Gasteiger partial charge in [-0.05, 0) is 44.7 Å². The van der Waals surface area contributed by atoms with Gasteiger partial charge in [-0.2, -0.15) is 5.10 Å². The van der Waals surface area contributed by atoms with Crippen LogP contribution in [0.25, 0.3) is 5.82 Å². The number of nitrogens with zero attached hydrogens (tertiary/aromatic N) is 6. The van der Waals surface area contributed by atoms with Gasteiger partial charge in [-0.15, -0.1) is 11.3 Å². The van der Waals surface area contributed by atoms with Crippen molar-refractivity contribution in [3.05, 3.63) is 47.6 Å². The number of likely N-dealkylation sites (tertiary alicyclic amines) is 1. The van der Waals surface area contributed by atoms with Crippen LogP contribution in [-0.2, 0) is 4.74 Å². The Morgan fingerprint density at radius 1 is 1.19 bits per heavy atom. The average Bonchev–Trinajstić information content (AvgIpc) is 3.46. The van der Waals surface area contributed by atoms with Crippen molar-refractivity contribution < 1.29 is 14.3 Å². The van der Waals surface area contributed by atoms with E-state index in [0.717, 1.165) is 17.7 Å². The van der Waals surface area contributed by atoms with Crippen molar-refractivity contribution in [3.63, 3.8) is 0 Å². The molecule has 1 saturated heterocycles. The Kier molecular flexibility index (Phi) is 6.21. The highest BCUT2D eigenvalue weighted by Crippen LogP contribution is 2.33. The van der Waals surface area contributed by atoms with Crippen molar-refractivity contribution in [3.8, 4) is 5.82 Å². The van der Waals surface area contributed by atoms with E-state index < -0.39 is 0 Å². The molecule has 31 heavy (non-hydrogen) atoms. The first kappa shape index (κ1) is 20.9. The van der Waals surface area contributed by atoms with Crippen LogP contribution in [-0.4, -0.2) is 60.8 Å². The van der Waals surface area contributed by atoms with E-state index in [9.17, 15) is 9.59 Å². The van der Waals surface area contributed by atoms with Gasteiger partial charge in [0.1, 0.15) is 12.7 Å². The van der Waals surface area contributed by atoms with Crippen LogP contribution in [0, 0.1) is 0 Å². The third kappa shape index (κ3) is 5.05. The van der Waals surface area contributed by atoms with E-state index in [1.165, 1.54) is 34.9 Å². The predicted octanol–water partition coefficient (Wildman–Crippen LogP) is 3.10. The van der Waals surface area contributed by atoms with Crippen molar-refractivity contribution in [2.24, 2.45) is 0 Å². The number of aromatic nitrogens is 5. The summed E-state index contributed by atoms with van der Waals surface area (Å²) in [5.41, 5.74) is 0.428. The molecule has 1 aliphatic heterocycles. The Morgan fingerprint density at radius 2 is 2.00 bits per heavy atom. The van der Waals surface area contributed by atoms with Crippen molar-refractivity contribution in [1.29, 1.82) is 0 Å². The number of hydrogen-bond acceptors (Lipinski definition) is 8. The van der Waals surface area contributed by atoms with Crippen LogP contribution in [0.15, 0.2) is 37.2 Å². The van der Waals surface area contributed by atoms with Crippen molar-refractivity contribution >= 4 is 28.5 Å². The maximum absolute atomic E-state index is 12.5. The number of ether oxygens (including phenoxy) is 1. The molecule has 1 fully saturated rings. The fourth-order valence-electron chi connectivity index (χ4n) is 3.31. The molecule has 0 aliphatic carbocycles. The first-order valence-corrected chi connectivity index (χ1v) is 10.8. The summed E-state index contributed by atoms with van der Waals surface area (Å²) in [7, 11) is 0. The Labute approximate surface area is 183 Å². The number of anilines is 1. The molecule has 3 aromatic rings. The van der Waals surface area contributed by atoms with Crippen molar-refractivity contribution in [2.45, 2.75) is 38.7 Å². The van der Waals surface area contributed by atoms with E-state index >= 15 is 0 Å². The number of carbonyl (C=O) groups is 2. The Balaban J connectivity index is 1.32. The van der Waals surface area contributed by atoms with Gasteiger partial charge in [0, 0.05) is 30.4 Å². The minimum Gasteiger partial charge on any atom is -0.447 e. The molecule has 11 heteroatoms. The SMILES string of the molecule is CC(C)OC(=O)N1CCC(c2cnc(NC(=O)c3ccc(-n4cncn4)nc3)s2)CC1. The Hall–Kier alpha value is -3.34. The monoisotopic (exact) mass is 441 g/mol. The van der Waals surface area contributed by atoms with Gasteiger partial charge in [0.25, 0.3) is 5.91 Å². The van der Waals surface area contributed by atoms with Gasteiger partial charge in [0.2, 0.25) is 0 Å². The number of hydrogen-bond donors (Lipinski definition) is 1. The zero-order valence-electron chi connectivity index (χ0n) is 17.3. The van der Waals surface area contributed by atoms with E-state index in [4.69, 9.17) is 4.74 Å². The van der Waals surface area contributed by atoms with E-state index in [-0.39, 0.29) is 18.1 Å². The number of thiazole rings is 1. The summed E-state index contributed by atoms with van der Waals surface area (Å²) < 4.78 is 6.78. The minimum atomic E-state index is -0.273. The number of nitrogens with one attached hydrogen (secondary N) is 1. The van der Waals surface area contributed by atoms with E-state index in [1.807, 2.05) is 13.8 Å². The Morgan fingerprint density at radius 3 is 2.65 bits per heavy atom. The summed E-state index contributed by atoms with van der Waals surface area (Å²) in [5, 5.41) is 7.38. The quantitative estimate of drug-likeness (QED) is 0.647. The molecule has 0 atom stereocenters. The lowest BCUT2D eigenvalue weighted by molar-refractivity contribution is 0.0693. The highest BCUT2D eigenvalue weighted by atomic mass is 32.1. The molecule has 1 N–H and O–H groups in total. The van der Waals surface area contributed by atoms with Crippen molar-refractivity contribution in [1.82, 2.24) is 29.6 Å². The summed E-state index contributed by atoms with van der Waals surface area (Å²) in [6, 6.07) is 3.38.